The molecule has 0 saturated heterocycles. The Morgan fingerprint density at radius 1 is 0.217 bits per heavy atom. The molecule has 0 spiro atoms. The van der Waals surface area contributed by atoms with Gasteiger partial charge in [-0.25, -0.2) is 9.97 Å². The van der Waals surface area contributed by atoms with E-state index < -0.39 is 0 Å². The van der Waals surface area contributed by atoms with Gasteiger partial charge in [0.2, 0.25) is 0 Å². The van der Waals surface area contributed by atoms with Crippen LogP contribution < -0.4 is 0 Å². The number of aryl methyl sites for hydroxylation is 1. The Bertz CT molecular complexity index is 8440. The summed E-state index contributed by atoms with van der Waals surface area (Å²) >= 11 is 0. The quantitative estimate of drug-likeness (QED) is 0.121. The van der Waals surface area contributed by atoms with Crippen LogP contribution in [0.5, 0.6) is 0 Å². The summed E-state index contributed by atoms with van der Waals surface area (Å²) in [5.41, 5.74) is 36.1. The van der Waals surface area contributed by atoms with Crippen LogP contribution in [0.2, 0.25) is 0 Å². The summed E-state index contributed by atoms with van der Waals surface area (Å²) < 4.78 is 4.56. The van der Waals surface area contributed by atoms with Gasteiger partial charge in [0.15, 0.2) is 0 Å². The average molecular weight is 1640 g/mol. The summed E-state index contributed by atoms with van der Waals surface area (Å²) in [4.78, 5) is 9.94. The first kappa shape index (κ1) is 76.3. The predicted octanol–water partition coefficient (Wildman–Crippen LogP) is 33.7. The van der Waals surface area contributed by atoms with Crippen molar-refractivity contribution in [2.24, 2.45) is 0 Å². The van der Waals surface area contributed by atoms with Crippen molar-refractivity contribution in [3.8, 4) is 134 Å². The minimum atomic E-state index is 0.00137. The molecule has 26 rings (SSSR count). The fourth-order valence-corrected chi connectivity index (χ4v) is 21.1. The monoisotopic (exact) mass is 1640 g/mol. The maximum Gasteiger partial charge on any atom is 0.145 e. The molecule has 22 aromatic carbocycles. The highest BCUT2D eigenvalue weighted by molar-refractivity contribution is 6.24. The lowest BCUT2D eigenvalue weighted by molar-refractivity contribution is 0.660. The molecule has 2 aromatic heterocycles. The molecule has 0 atom stereocenters. The Morgan fingerprint density at radius 2 is 0.574 bits per heavy atom. The number of imidazole rings is 2. The summed E-state index contributed by atoms with van der Waals surface area (Å²) in [6.07, 6.45) is 0.875. The van der Waals surface area contributed by atoms with Crippen molar-refractivity contribution in [1.82, 2.24) is 19.1 Å². The van der Waals surface area contributed by atoms with Crippen molar-refractivity contribution in [2.45, 2.75) is 32.6 Å². The second-order valence-electron chi connectivity index (χ2n) is 34.8. The largest absolute Gasteiger partial charge is 0.296 e. The molecule has 4 nitrogen and oxygen atoms in total. The average Bonchev–Trinajstić information content (AvgIpc) is 1.72. The molecule has 0 aliphatic heterocycles. The molecule has 2 heterocycles. The van der Waals surface area contributed by atoms with Crippen molar-refractivity contribution in [2.75, 3.05) is 0 Å². The van der Waals surface area contributed by atoms with Crippen LogP contribution in [-0.2, 0) is 11.8 Å². The molecule has 0 radical (unpaired) electrons. The van der Waals surface area contributed by atoms with Crippen LogP contribution in [0.25, 0.3) is 232 Å². The van der Waals surface area contributed by atoms with Crippen molar-refractivity contribution < 1.29 is 0 Å². The van der Waals surface area contributed by atoms with Crippen molar-refractivity contribution in [3.05, 3.63) is 472 Å². The molecule has 0 saturated carbocycles. The van der Waals surface area contributed by atoms with Crippen molar-refractivity contribution in [1.29, 1.82) is 0 Å². The summed E-state index contributed by atoms with van der Waals surface area (Å²) in [7, 11) is 0. The van der Waals surface area contributed by atoms with Crippen LogP contribution >= 0.6 is 0 Å². The zero-order chi connectivity index (χ0) is 85.8. The van der Waals surface area contributed by atoms with E-state index in [9.17, 15) is 0 Å². The Hall–Kier alpha value is -16.4. The van der Waals surface area contributed by atoms with E-state index >= 15 is 0 Å². The number of rotatable bonds is 11. The zero-order valence-electron chi connectivity index (χ0n) is 71.8. The normalized spacial score (nSPS) is 12.2. The molecule has 0 fully saturated rings. The summed E-state index contributed by atoms with van der Waals surface area (Å²) in [6.45, 7) is 6.87. The maximum atomic E-state index is 5.04. The lowest BCUT2D eigenvalue weighted by Gasteiger charge is -2.22. The number of benzene rings is 22. The number of nitrogens with zero attached hydrogens (tertiary/aromatic N) is 4. The number of aromatic nitrogens is 4. The smallest absolute Gasteiger partial charge is 0.145 e. The first-order valence-electron chi connectivity index (χ1n) is 44.9. The molecule has 606 valence electrons. The summed E-state index contributed by atoms with van der Waals surface area (Å²) in [6, 6.07) is 166. The first-order valence-corrected chi connectivity index (χ1v) is 44.9. The van der Waals surface area contributed by atoms with Crippen LogP contribution in [0.3, 0.4) is 0 Å². The number of hydrogen-bond donors (Lipinski definition) is 0. The Labute approximate surface area is 749 Å². The van der Waals surface area contributed by atoms with Gasteiger partial charge in [-0.2, -0.15) is 0 Å². The highest BCUT2D eigenvalue weighted by Crippen LogP contribution is 2.53. The molecule has 129 heavy (non-hydrogen) atoms. The number of para-hydroxylation sites is 4. The fourth-order valence-electron chi connectivity index (χ4n) is 21.1. The molecule has 2 aliphatic carbocycles. The molecule has 0 bridgehead atoms. The van der Waals surface area contributed by atoms with Gasteiger partial charge in [-0.1, -0.05) is 403 Å². The molecule has 24 aromatic rings. The van der Waals surface area contributed by atoms with E-state index in [2.05, 4.69) is 479 Å². The van der Waals surface area contributed by atoms with Gasteiger partial charge in [-0.05, 0) is 271 Å². The van der Waals surface area contributed by atoms with Crippen LogP contribution in [-0.4, -0.2) is 19.1 Å². The third kappa shape index (κ3) is 13.0. The minimum Gasteiger partial charge on any atom is -0.296 e. The van der Waals surface area contributed by atoms with Gasteiger partial charge in [0, 0.05) is 28.8 Å². The fraction of sp³-hybridized carbons (Fsp3) is 0.0400. The van der Waals surface area contributed by atoms with Gasteiger partial charge < -0.3 is 0 Å². The van der Waals surface area contributed by atoms with E-state index in [-0.39, 0.29) is 5.41 Å². The lowest BCUT2D eigenvalue weighted by atomic mass is 9.81. The van der Waals surface area contributed by atoms with E-state index in [0.717, 1.165) is 57.1 Å². The number of fused-ring (bicyclic) bond motifs is 14. The summed E-state index contributed by atoms with van der Waals surface area (Å²) in [5, 5.41) is 17.8. The highest BCUT2D eigenvalue weighted by Gasteiger charge is 2.36. The second kappa shape index (κ2) is 31.4. The molecule has 2 aliphatic rings. The van der Waals surface area contributed by atoms with E-state index in [1.807, 2.05) is 6.07 Å². The predicted molar refractivity (Wildman–Crippen MR) is 546 cm³/mol. The van der Waals surface area contributed by atoms with Crippen molar-refractivity contribution in [3.63, 3.8) is 0 Å². The minimum absolute atomic E-state index is 0.00137. The molecule has 0 unspecified atom stereocenters. The first-order chi connectivity index (χ1) is 63.7. The maximum absolute atomic E-state index is 5.04. The van der Waals surface area contributed by atoms with Crippen LogP contribution in [0.4, 0.5) is 0 Å². The molecule has 0 amide bonds. The topological polar surface area (TPSA) is 35.6 Å². The molecule has 0 N–H and O–H groups in total. The van der Waals surface area contributed by atoms with Gasteiger partial charge in [0.05, 0.1) is 22.1 Å². The highest BCUT2D eigenvalue weighted by atomic mass is 15.1. The van der Waals surface area contributed by atoms with Crippen LogP contribution in [0.15, 0.2) is 455 Å². The van der Waals surface area contributed by atoms with E-state index in [1.54, 1.807) is 0 Å². The molecular weight excluding hydrogens is 1560 g/mol. The van der Waals surface area contributed by atoms with Crippen molar-refractivity contribution >= 4 is 97.5 Å². The van der Waals surface area contributed by atoms with Crippen LogP contribution in [0.1, 0.15) is 37.7 Å². The third-order valence-corrected chi connectivity index (χ3v) is 27.2. The Kier molecular flexibility index (Phi) is 18.5. The van der Waals surface area contributed by atoms with Gasteiger partial charge in [-0.15, -0.1) is 0 Å². The van der Waals surface area contributed by atoms with E-state index in [4.69, 9.17) is 9.97 Å². The Balaban J connectivity index is 0.000000108. The van der Waals surface area contributed by atoms with E-state index in [1.165, 1.54) is 198 Å². The van der Waals surface area contributed by atoms with Gasteiger partial charge in [-0.3, -0.25) is 9.13 Å². The number of hydrogen-bond acceptors (Lipinski definition) is 2. The third-order valence-electron chi connectivity index (χ3n) is 27.2. The van der Waals surface area contributed by atoms with Crippen LogP contribution in [0, 0.1) is 0 Å². The van der Waals surface area contributed by atoms with Gasteiger partial charge >= 0.3 is 0 Å². The lowest BCUT2D eigenvalue weighted by Crippen LogP contribution is -2.14. The Morgan fingerprint density at radius 3 is 1.16 bits per heavy atom. The molecular formula is C125H86N4. The SMILES string of the molecule is CC1(C)c2ccccc2-c2ccc(-c3ccc4ccc(-c5ccc6c7c(cccc57)-c5ccccc5-6)cc4c3)cc21.CCc1nc2ccccc2n1-c1ccc(-c2c3ccccc3c(-c3ccc(-c4ccccc4)cc3)c3ccccc23)cc1.c1ccc(-c2nc3ccccc3n2-c2ccc(-c3c4ccccc4c(-c4ccc5ccccc5c4)c4ccccc34)cc2)cc1. The summed E-state index contributed by atoms with van der Waals surface area (Å²) in [5.74, 6) is 2.02. The van der Waals surface area contributed by atoms with Gasteiger partial charge in [0.1, 0.15) is 11.6 Å². The zero-order valence-corrected chi connectivity index (χ0v) is 71.8. The van der Waals surface area contributed by atoms with E-state index in [0.29, 0.717) is 0 Å². The second-order valence-corrected chi connectivity index (χ2v) is 34.8. The molecule has 4 heteroatoms. The standard InChI is InChI=1S/C43H28N2.C41H30N2.C41H28/c1-2-13-31(14-3-1)43-44-39-20-10-11-21-40(39)45(43)34-26-24-30(25-27-34)41-35-16-6-8-18-37(35)42(38-19-9-7-17-36(38)41)33-23-22-29-12-4-5-15-32(29)28-33;1-2-39-42-37-18-10-11-19-38(37)43(39)32-26-24-31(25-27-32)41-35-16-8-6-14-33(35)40(34-15-7-9-17-36(34)41)30-22-20-29(21-23-30)28-12-4-3-5-13-28;1-41(2)38-13-6-5-10-33(38)34-19-18-27(24-39(34)41)26-16-14-25-15-17-28(23-29(25)22-26)30-20-21-37-32-9-4-3-8-31(32)36-12-7-11-35(30)40(36)37/h1-28H;3-27H,2H2,1H3;3-24H,1-2H3. The van der Waals surface area contributed by atoms with Gasteiger partial charge in [0.25, 0.3) is 0 Å².